The lowest BCUT2D eigenvalue weighted by Crippen LogP contribution is -2.50. The van der Waals surface area contributed by atoms with E-state index in [2.05, 4.69) is 10.3 Å². The molecule has 2 aliphatic heterocycles. The number of hydrogen-bond acceptors (Lipinski definition) is 7. The summed E-state index contributed by atoms with van der Waals surface area (Å²) in [5.41, 5.74) is 3.33. The Bertz CT molecular complexity index is 1230. The van der Waals surface area contributed by atoms with Gasteiger partial charge in [0.1, 0.15) is 11.9 Å². The second-order valence-electron chi connectivity index (χ2n) is 7.93. The van der Waals surface area contributed by atoms with E-state index in [0.29, 0.717) is 35.2 Å². The van der Waals surface area contributed by atoms with E-state index < -0.39 is 12.2 Å². The minimum Gasteiger partial charge on any atom is -0.479 e. The topological polar surface area (TPSA) is 98.5 Å². The van der Waals surface area contributed by atoms with Crippen molar-refractivity contribution in [1.82, 2.24) is 15.2 Å². The van der Waals surface area contributed by atoms with E-state index in [-0.39, 0.29) is 12.3 Å². The number of nitriles is 1. The van der Waals surface area contributed by atoms with E-state index in [1.165, 1.54) is 11.3 Å². The standard InChI is InChI=1S/C23H21ClN4O3S/c24-14-9-13-10-19(23(30)28-7-5-26-6-8-28)31-21(13)16(11-14)15-2-4-27-17-12-20(32-22(15)17)18(29)1-3-25/h2,4,9,11-12,18-19,26,29H,1,5-8,10H2/t18?,19-/m1/s1. The third kappa shape index (κ3) is 3.82. The number of rotatable bonds is 4. The third-order valence-corrected chi connectivity index (χ3v) is 7.31. The first-order chi connectivity index (χ1) is 15.5. The molecule has 9 heteroatoms. The number of carbonyl (C=O) groups excluding carboxylic acids is 1. The molecule has 2 atom stereocenters. The van der Waals surface area contributed by atoms with E-state index in [0.717, 1.165) is 40.0 Å². The van der Waals surface area contributed by atoms with Crippen molar-refractivity contribution < 1.29 is 14.6 Å². The molecule has 32 heavy (non-hydrogen) atoms. The van der Waals surface area contributed by atoms with Crippen molar-refractivity contribution in [3.05, 3.63) is 45.9 Å². The number of halogens is 1. The maximum atomic E-state index is 13.0. The summed E-state index contributed by atoms with van der Waals surface area (Å²) >= 11 is 7.86. The first-order valence-corrected chi connectivity index (χ1v) is 11.7. The second kappa shape index (κ2) is 8.68. The first kappa shape index (κ1) is 21.2. The Morgan fingerprint density at radius 2 is 2.19 bits per heavy atom. The molecule has 4 heterocycles. The van der Waals surface area contributed by atoms with Crippen LogP contribution in [0.15, 0.2) is 30.5 Å². The molecule has 1 unspecified atom stereocenters. The molecular weight excluding hydrogens is 448 g/mol. The SMILES string of the molecule is N#CCC(O)c1cc2nccc(-c3cc(Cl)cc4c3O[C@@H](C(=O)N3CCNCC3)C4)c2s1. The van der Waals surface area contributed by atoms with Crippen LogP contribution in [0, 0.1) is 11.3 Å². The van der Waals surface area contributed by atoms with Crippen molar-refractivity contribution in [3.8, 4) is 22.9 Å². The van der Waals surface area contributed by atoms with Crippen LogP contribution < -0.4 is 10.1 Å². The average molecular weight is 469 g/mol. The van der Waals surface area contributed by atoms with Gasteiger partial charge in [-0.3, -0.25) is 9.78 Å². The van der Waals surface area contributed by atoms with Gasteiger partial charge < -0.3 is 20.1 Å². The Balaban J connectivity index is 1.52. The van der Waals surface area contributed by atoms with Crippen LogP contribution in [0.1, 0.15) is 23.0 Å². The molecule has 0 spiro atoms. The van der Waals surface area contributed by atoms with Crippen LogP contribution in [0.2, 0.25) is 5.02 Å². The molecule has 2 N–H and O–H groups in total. The molecule has 3 aromatic rings. The molecule has 0 aliphatic carbocycles. The van der Waals surface area contributed by atoms with Crippen LogP contribution in [0.3, 0.4) is 0 Å². The van der Waals surface area contributed by atoms with Gasteiger partial charge in [0.05, 0.1) is 22.7 Å². The fourth-order valence-corrected chi connectivity index (χ4v) is 5.64. The van der Waals surface area contributed by atoms with E-state index >= 15 is 0 Å². The molecule has 0 bridgehead atoms. The van der Waals surface area contributed by atoms with E-state index in [1.54, 1.807) is 6.20 Å². The summed E-state index contributed by atoms with van der Waals surface area (Å²) in [6, 6.07) is 9.41. The van der Waals surface area contributed by atoms with Crippen LogP contribution in [0.5, 0.6) is 5.75 Å². The maximum absolute atomic E-state index is 13.0. The van der Waals surface area contributed by atoms with Gasteiger partial charge in [-0.2, -0.15) is 5.26 Å². The lowest BCUT2D eigenvalue weighted by Gasteiger charge is -2.29. The molecule has 0 saturated carbocycles. The molecule has 1 fully saturated rings. The number of nitrogens with zero attached hydrogens (tertiary/aromatic N) is 3. The zero-order valence-corrected chi connectivity index (χ0v) is 18.7. The normalized spacial score (nSPS) is 18.8. The molecule has 1 amide bonds. The van der Waals surface area contributed by atoms with Crippen molar-refractivity contribution in [1.29, 1.82) is 5.26 Å². The molecule has 1 aromatic carbocycles. The van der Waals surface area contributed by atoms with Gasteiger partial charge in [0, 0.05) is 65.4 Å². The summed E-state index contributed by atoms with van der Waals surface area (Å²) in [6.45, 7) is 2.93. The number of benzene rings is 1. The Hall–Kier alpha value is -2.70. The fourth-order valence-electron chi connectivity index (χ4n) is 4.27. The van der Waals surface area contributed by atoms with Gasteiger partial charge in [0.25, 0.3) is 5.91 Å². The van der Waals surface area contributed by atoms with Crippen molar-refractivity contribution >= 4 is 39.1 Å². The number of thiophene rings is 1. The predicted octanol–water partition coefficient (Wildman–Crippen LogP) is 3.30. The third-order valence-electron chi connectivity index (χ3n) is 5.83. The monoisotopic (exact) mass is 468 g/mol. The summed E-state index contributed by atoms with van der Waals surface area (Å²) in [4.78, 5) is 20.0. The Morgan fingerprint density at radius 3 is 2.97 bits per heavy atom. The maximum Gasteiger partial charge on any atom is 0.264 e. The van der Waals surface area contributed by atoms with Gasteiger partial charge in [-0.25, -0.2) is 0 Å². The number of aliphatic hydroxyl groups is 1. The number of carbonyl (C=O) groups is 1. The van der Waals surface area contributed by atoms with Gasteiger partial charge in [0.2, 0.25) is 0 Å². The Labute approximate surface area is 194 Å². The minimum absolute atomic E-state index is 0.00248. The van der Waals surface area contributed by atoms with Gasteiger partial charge in [0.15, 0.2) is 6.10 Å². The van der Waals surface area contributed by atoms with Gasteiger partial charge >= 0.3 is 0 Å². The molecule has 2 aliphatic rings. The fraction of sp³-hybridized carbons (Fsp3) is 0.348. The Kier molecular flexibility index (Phi) is 5.74. The first-order valence-electron chi connectivity index (χ1n) is 10.5. The van der Waals surface area contributed by atoms with E-state index in [1.807, 2.05) is 35.2 Å². The second-order valence-corrected chi connectivity index (χ2v) is 9.45. The number of hydrogen-bond donors (Lipinski definition) is 2. The number of amides is 1. The van der Waals surface area contributed by atoms with E-state index in [4.69, 9.17) is 21.6 Å². The zero-order valence-electron chi connectivity index (χ0n) is 17.2. The lowest BCUT2D eigenvalue weighted by molar-refractivity contribution is -0.138. The smallest absolute Gasteiger partial charge is 0.264 e. The number of nitrogens with one attached hydrogen (secondary N) is 1. The lowest BCUT2D eigenvalue weighted by atomic mass is 10.0. The van der Waals surface area contributed by atoms with Crippen LogP contribution >= 0.6 is 22.9 Å². The zero-order chi connectivity index (χ0) is 22.2. The number of aromatic nitrogens is 1. The average Bonchev–Trinajstić information content (AvgIpc) is 3.43. The van der Waals surface area contributed by atoms with Crippen LogP contribution in [0.25, 0.3) is 21.3 Å². The summed E-state index contributed by atoms with van der Waals surface area (Å²) < 4.78 is 7.10. The number of piperazine rings is 1. The molecule has 0 radical (unpaired) electrons. The number of fused-ring (bicyclic) bond motifs is 2. The summed E-state index contributed by atoms with van der Waals surface area (Å²) in [7, 11) is 0. The number of pyridine rings is 1. The molecular formula is C23H21ClN4O3S. The quantitative estimate of drug-likeness (QED) is 0.609. The van der Waals surface area contributed by atoms with Crippen LogP contribution in [0.4, 0.5) is 0 Å². The van der Waals surface area contributed by atoms with Gasteiger partial charge in [-0.1, -0.05) is 11.6 Å². The molecule has 1 saturated heterocycles. The minimum atomic E-state index is -0.852. The number of aliphatic hydroxyl groups excluding tert-OH is 1. The highest BCUT2D eigenvalue weighted by molar-refractivity contribution is 7.19. The highest BCUT2D eigenvalue weighted by Crippen LogP contribution is 2.45. The predicted molar refractivity (Wildman–Crippen MR) is 123 cm³/mol. The number of ether oxygens (including phenoxy) is 1. The van der Waals surface area contributed by atoms with Crippen molar-refractivity contribution in [2.24, 2.45) is 0 Å². The van der Waals surface area contributed by atoms with Gasteiger partial charge in [-0.15, -0.1) is 11.3 Å². The van der Waals surface area contributed by atoms with Crippen molar-refractivity contribution in [2.45, 2.75) is 25.0 Å². The molecule has 7 nitrogen and oxygen atoms in total. The highest BCUT2D eigenvalue weighted by atomic mass is 35.5. The summed E-state index contributed by atoms with van der Waals surface area (Å²) in [5.74, 6) is 0.672. The van der Waals surface area contributed by atoms with Crippen molar-refractivity contribution in [3.63, 3.8) is 0 Å². The van der Waals surface area contributed by atoms with Crippen LogP contribution in [-0.4, -0.2) is 53.2 Å². The summed E-state index contributed by atoms with van der Waals surface area (Å²) in [5, 5.41) is 23.0. The molecule has 2 aromatic heterocycles. The van der Waals surface area contributed by atoms with Crippen molar-refractivity contribution in [2.75, 3.05) is 26.2 Å². The van der Waals surface area contributed by atoms with Gasteiger partial charge in [-0.05, 0) is 24.3 Å². The van der Waals surface area contributed by atoms with Crippen LogP contribution in [-0.2, 0) is 11.2 Å². The largest absolute Gasteiger partial charge is 0.479 e. The highest BCUT2D eigenvalue weighted by Gasteiger charge is 2.35. The molecule has 5 rings (SSSR count). The Morgan fingerprint density at radius 1 is 1.38 bits per heavy atom. The summed E-state index contributed by atoms with van der Waals surface area (Å²) in [6.07, 6.45) is 0.795. The van der Waals surface area contributed by atoms with E-state index in [9.17, 15) is 9.90 Å². The molecule has 164 valence electrons.